The molecule has 0 nitrogen and oxygen atoms in total. The quantitative estimate of drug-likeness (QED) is 0.622. The van der Waals surface area contributed by atoms with E-state index in [1.54, 1.807) is 0 Å². The van der Waals surface area contributed by atoms with Gasteiger partial charge < -0.3 is 0 Å². The van der Waals surface area contributed by atoms with Gasteiger partial charge in [0.2, 0.25) is 0 Å². The first kappa shape index (κ1) is 12.5. The number of rotatable bonds is 2. The van der Waals surface area contributed by atoms with Crippen molar-refractivity contribution in [1.29, 1.82) is 0 Å². The van der Waals surface area contributed by atoms with E-state index < -0.39 is 0 Å². The highest BCUT2D eigenvalue weighted by atomic mass is 79.9. The number of halogens is 1. The van der Waals surface area contributed by atoms with Crippen LogP contribution in [0.3, 0.4) is 0 Å². The van der Waals surface area contributed by atoms with E-state index in [9.17, 15) is 0 Å². The van der Waals surface area contributed by atoms with E-state index >= 15 is 0 Å². The Morgan fingerprint density at radius 3 is 2.21 bits per heavy atom. The molecule has 0 aromatic carbocycles. The lowest BCUT2D eigenvalue weighted by atomic mass is 9.64. The van der Waals surface area contributed by atoms with E-state index in [1.807, 2.05) is 0 Å². The molecule has 1 saturated carbocycles. The van der Waals surface area contributed by atoms with Crippen molar-refractivity contribution in [2.24, 2.45) is 23.2 Å². The Morgan fingerprint density at radius 1 is 1.21 bits per heavy atom. The minimum atomic E-state index is 0.480. The first-order valence-electron chi connectivity index (χ1n) is 5.99. The Morgan fingerprint density at radius 2 is 1.79 bits per heavy atom. The van der Waals surface area contributed by atoms with Gasteiger partial charge in [0.1, 0.15) is 0 Å². The van der Waals surface area contributed by atoms with Gasteiger partial charge in [-0.15, -0.1) is 0 Å². The fraction of sp³-hybridized carbons (Fsp3) is 1.00. The van der Waals surface area contributed by atoms with Crippen molar-refractivity contribution in [2.75, 3.05) is 0 Å². The van der Waals surface area contributed by atoms with Crippen molar-refractivity contribution in [3.63, 3.8) is 0 Å². The van der Waals surface area contributed by atoms with Gasteiger partial charge in [-0.2, -0.15) is 0 Å². The zero-order valence-corrected chi connectivity index (χ0v) is 11.9. The largest absolute Gasteiger partial charge is 0.0887 e. The minimum Gasteiger partial charge on any atom is -0.0887 e. The van der Waals surface area contributed by atoms with Crippen LogP contribution in [0.15, 0.2) is 0 Å². The molecule has 0 N–H and O–H groups in total. The molecule has 0 amide bonds. The van der Waals surface area contributed by atoms with Crippen molar-refractivity contribution in [3.05, 3.63) is 0 Å². The van der Waals surface area contributed by atoms with Crippen molar-refractivity contribution < 1.29 is 0 Å². The number of hydrogen-bond donors (Lipinski definition) is 0. The maximum Gasteiger partial charge on any atom is 0.0181 e. The second-order valence-electron chi connectivity index (χ2n) is 6.02. The lowest BCUT2D eigenvalue weighted by Gasteiger charge is -2.44. The molecule has 0 aromatic rings. The molecule has 0 spiro atoms. The molecule has 84 valence electrons. The standard InChI is InChI=1S/C13H25Br/c1-9(2)13(4,5)11-7-6-10(3)8-12(11)14/h9-12H,6-8H2,1-5H3. The summed E-state index contributed by atoms with van der Waals surface area (Å²) in [5.74, 6) is 2.55. The van der Waals surface area contributed by atoms with Crippen LogP contribution >= 0.6 is 15.9 Å². The van der Waals surface area contributed by atoms with Crippen molar-refractivity contribution in [2.45, 2.75) is 58.7 Å². The summed E-state index contributed by atoms with van der Waals surface area (Å²) in [5, 5.41) is 0. The molecule has 0 saturated heterocycles. The van der Waals surface area contributed by atoms with E-state index in [1.165, 1.54) is 19.3 Å². The summed E-state index contributed by atoms with van der Waals surface area (Å²) in [7, 11) is 0. The Labute approximate surface area is 98.0 Å². The van der Waals surface area contributed by atoms with Crippen LogP contribution in [0.25, 0.3) is 0 Å². The molecule has 3 atom stereocenters. The van der Waals surface area contributed by atoms with Crippen LogP contribution in [0, 0.1) is 23.2 Å². The van der Waals surface area contributed by atoms with Crippen LogP contribution in [-0.2, 0) is 0 Å². The van der Waals surface area contributed by atoms with Crippen LogP contribution in [-0.4, -0.2) is 4.83 Å². The van der Waals surface area contributed by atoms with Crippen molar-refractivity contribution in [1.82, 2.24) is 0 Å². The molecule has 3 unspecified atom stereocenters. The summed E-state index contributed by atoms with van der Waals surface area (Å²) in [6.07, 6.45) is 4.19. The summed E-state index contributed by atoms with van der Waals surface area (Å²) in [6.45, 7) is 12.0. The predicted octanol–water partition coefficient (Wildman–Crippen LogP) is 4.87. The van der Waals surface area contributed by atoms with E-state index in [-0.39, 0.29) is 0 Å². The van der Waals surface area contributed by atoms with E-state index in [0.29, 0.717) is 5.41 Å². The molecular formula is C13H25Br. The average Bonchev–Trinajstić information content (AvgIpc) is 2.02. The minimum absolute atomic E-state index is 0.480. The lowest BCUT2D eigenvalue weighted by Crippen LogP contribution is -2.38. The van der Waals surface area contributed by atoms with E-state index in [4.69, 9.17) is 0 Å². The number of alkyl halides is 1. The summed E-state index contributed by atoms with van der Waals surface area (Å²) >= 11 is 3.90. The third-order valence-corrected chi connectivity index (χ3v) is 5.49. The van der Waals surface area contributed by atoms with Crippen LogP contribution in [0.5, 0.6) is 0 Å². The maximum atomic E-state index is 3.90. The van der Waals surface area contributed by atoms with Gasteiger partial charge in [0.15, 0.2) is 0 Å². The average molecular weight is 261 g/mol. The molecule has 0 bridgehead atoms. The molecule has 0 heterocycles. The smallest absolute Gasteiger partial charge is 0.0181 e. The van der Waals surface area contributed by atoms with Crippen LogP contribution in [0.1, 0.15) is 53.9 Å². The summed E-state index contributed by atoms with van der Waals surface area (Å²) in [5.41, 5.74) is 0.480. The van der Waals surface area contributed by atoms with Crippen LogP contribution in [0.4, 0.5) is 0 Å². The van der Waals surface area contributed by atoms with Gasteiger partial charge >= 0.3 is 0 Å². The molecule has 1 aliphatic carbocycles. The van der Waals surface area contributed by atoms with Crippen LogP contribution in [0.2, 0.25) is 0 Å². The third kappa shape index (κ3) is 2.53. The Bertz CT molecular complexity index is 184. The first-order valence-corrected chi connectivity index (χ1v) is 6.91. The molecule has 1 heteroatoms. The molecular weight excluding hydrogens is 236 g/mol. The van der Waals surface area contributed by atoms with Gasteiger partial charge in [0.05, 0.1) is 0 Å². The van der Waals surface area contributed by atoms with Crippen LogP contribution < -0.4 is 0 Å². The summed E-state index contributed by atoms with van der Waals surface area (Å²) in [6, 6.07) is 0. The second-order valence-corrected chi connectivity index (χ2v) is 7.19. The predicted molar refractivity (Wildman–Crippen MR) is 67.8 cm³/mol. The molecule has 14 heavy (non-hydrogen) atoms. The lowest BCUT2D eigenvalue weighted by molar-refractivity contribution is 0.0962. The molecule has 0 aromatic heterocycles. The topological polar surface area (TPSA) is 0 Å². The summed E-state index contributed by atoms with van der Waals surface area (Å²) in [4.78, 5) is 0.739. The van der Waals surface area contributed by atoms with Gasteiger partial charge in [-0.05, 0) is 36.0 Å². The van der Waals surface area contributed by atoms with E-state index in [0.717, 1.165) is 22.6 Å². The first-order chi connectivity index (χ1) is 6.35. The number of hydrogen-bond acceptors (Lipinski definition) is 0. The van der Waals surface area contributed by atoms with Gasteiger partial charge in [0, 0.05) is 4.83 Å². The highest BCUT2D eigenvalue weighted by molar-refractivity contribution is 9.09. The highest BCUT2D eigenvalue weighted by Gasteiger charge is 2.39. The Hall–Kier alpha value is 0.480. The molecule has 1 rings (SSSR count). The Kier molecular flexibility index (Phi) is 4.08. The zero-order chi connectivity index (χ0) is 10.9. The van der Waals surface area contributed by atoms with Crippen molar-refractivity contribution >= 4 is 15.9 Å². The fourth-order valence-corrected chi connectivity index (χ4v) is 4.16. The molecule has 1 aliphatic rings. The van der Waals surface area contributed by atoms with E-state index in [2.05, 4.69) is 50.5 Å². The van der Waals surface area contributed by atoms with Gasteiger partial charge in [-0.1, -0.05) is 57.0 Å². The summed E-state index contributed by atoms with van der Waals surface area (Å²) < 4.78 is 0. The highest BCUT2D eigenvalue weighted by Crippen LogP contribution is 2.46. The Balaban J connectivity index is 2.68. The van der Waals surface area contributed by atoms with Gasteiger partial charge in [-0.25, -0.2) is 0 Å². The molecule has 0 aliphatic heterocycles. The van der Waals surface area contributed by atoms with Crippen molar-refractivity contribution in [3.8, 4) is 0 Å². The third-order valence-electron chi connectivity index (χ3n) is 4.48. The second kappa shape index (κ2) is 4.55. The van der Waals surface area contributed by atoms with Gasteiger partial charge in [-0.3, -0.25) is 0 Å². The molecule has 0 radical (unpaired) electrons. The monoisotopic (exact) mass is 260 g/mol. The fourth-order valence-electron chi connectivity index (χ4n) is 2.58. The molecule has 1 fully saturated rings. The van der Waals surface area contributed by atoms with Gasteiger partial charge in [0.25, 0.3) is 0 Å². The maximum absolute atomic E-state index is 3.90. The zero-order valence-electron chi connectivity index (χ0n) is 10.3. The SMILES string of the molecule is CC1CCC(C(C)(C)C(C)C)C(Br)C1. The normalized spacial score (nSPS) is 34.9.